The van der Waals surface area contributed by atoms with E-state index < -0.39 is 0 Å². The maximum absolute atomic E-state index is 10.1. The number of anilines is 2. The third-order valence-corrected chi connectivity index (χ3v) is 3.99. The van der Waals surface area contributed by atoms with Gasteiger partial charge in [-0.25, -0.2) is 15.8 Å². The summed E-state index contributed by atoms with van der Waals surface area (Å²) in [6, 6.07) is 0. The highest BCUT2D eigenvalue weighted by Gasteiger charge is 2.27. The van der Waals surface area contributed by atoms with Crippen LogP contribution in [0.15, 0.2) is 0 Å². The van der Waals surface area contributed by atoms with Gasteiger partial charge >= 0.3 is 0 Å². The summed E-state index contributed by atoms with van der Waals surface area (Å²) in [7, 11) is 0. The molecule has 0 saturated carbocycles. The number of hydrogen-bond donors (Lipinski definition) is 3. The number of aliphatic hydroxyl groups is 1. The molecule has 4 N–H and O–H groups in total. The van der Waals surface area contributed by atoms with Gasteiger partial charge in [0.15, 0.2) is 0 Å². The van der Waals surface area contributed by atoms with E-state index in [0.717, 1.165) is 43.0 Å². The summed E-state index contributed by atoms with van der Waals surface area (Å²) < 4.78 is 0. The predicted molar refractivity (Wildman–Crippen MR) is 80.6 cm³/mol. The fourth-order valence-electron chi connectivity index (χ4n) is 2.57. The molecule has 1 aliphatic rings. The van der Waals surface area contributed by atoms with Crippen LogP contribution < -0.4 is 16.2 Å². The molecule has 1 aromatic heterocycles. The monoisotopic (exact) mass is 279 g/mol. The van der Waals surface area contributed by atoms with Gasteiger partial charge in [-0.2, -0.15) is 0 Å². The minimum Gasteiger partial charge on any atom is -0.391 e. The van der Waals surface area contributed by atoms with E-state index in [1.165, 1.54) is 0 Å². The highest BCUT2D eigenvalue weighted by Crippen LogP contribution is 2.27. The Morgan fingerprint density at radius 2 is 2.20 bits per heavy atom. The number of β-amino-alcohol motifs (C(OH)–C–C–N with tert-alkyl or cyclic N) is 1. The first-order valence-corrected chi connectivity index (χ1v) is 7.34. The smallest absolute Gasteiger partial charge is 0.148 e. The normalized spacial score (nSPS) is 22.9. The molecule has 112 valence electrons. The number of nitrogens with zero attached hydrogens (tertiary/aromatic N) is 3. The van der Waals surface area contributed by atoms with Crippen LogP contribution in [0.5, 0.6) is 0 Å². The van der Waals surface area contributed by atoms with Gasteiger partial charge in [0.25, 0.3) is 0 Å². The fraction of sp³-hybridized carbons (Fsp3) is 0.714. The largest absolute Gasteiger partial charge is 0.391 e. The summed E-state index contributed by atoms with van der Waals surface area (Å²) in [6.07, 6.45) is 2.49. The first-order valence-electron chi connectivity index (χ1n) is 7.34. The number of nitrogens with two attached hydrogens (primary N) is 1. The lowest BCUT2D eigenvalue weighted by atomic mass is 9.96. The molecule has 0 radical (unpaired) electrons. The van der Waals surface area contributed by atoms with Gasteiger partial charge in [-0.1, -0.05) is 13.8 Å². The number of hydrogen-bond acceptors (Lipinski definition) is 6. The Bertz CT molecular complexity index is 465. The molecule has 1 saturated heterocycles. The highest BCUT2D eigenvalue weighted by atomic mass is 16.3. The Hall–Kier alpha value is -1.40. The van der Waals surface area contributed by atoms with Crippen LogP contribution in [0.25, 0.3) is 0 Å². The topological polar surface area (TPSA) is 87.3 Å². The number of hydrazine groups is 1. The van der Waals surface area contributed by atoms with Crippen LogP contribution in [0.4, 0.5) is 11.6 Å². The van der Waals surface area contributed by atoms with E-state index in [2.05, 4.69) is 34.1 Å². The van der Waals surface area contributed by atoms with Gasteiger partial charge in [-0.15, -0.1) is 0 Å². The van der Waals surface area contributed by atoms with Crippen LogP contribution in [-0.4, -0.2) is 34.3 Å². The first-order chi connectivity index (χ1) is 9.56. The Morgan fingerprint density at radius 1 is 1.45 bits per heavy atom. The Morgan fingerprint density at radius 3 is 2.80 bits per heavy atom. The van der Waals surface area contributed by atoms with Crippen LogP contribution in [-0.2, 0) is 6.42 Å². The summed E-state index contributed by atoms with van der Waals surface area (Å²) in [5.74, 6) is 8.26. The molecule has 2 unspecified atom stereocenters. The average Bonchev–Trinajstić information content (AvgIpc) is 2.44. The van der Waals surface area contributed by atoms with Crippen molar-refractivity contribution in [3.63, 3.8) is 0 Å². The van der Waals surface area contributed by atoms with Crippen molar-refractivity contribution in [3.05, 3.63) is 11.4 Å². The summed E-state index contributed by atoms with van der Waals surface area (Å²) in [5, 5.41) is 10.1. The maximum atomic E-state index is 10.1. The Balaban J connectivity index is 2.32. The van der Waals surface area contributed by atoms with Crippen molar-refractivity contribution in [1.29, 1.82) is 0 Å². The Kier molecular flexibility index (Phi) is 4.77. The molecule has 1 fully saturated rings. The predicted octanol–water partition coefficient (Wildman–Crippen LogP) is 1.23. The number of nitrogens with one attached hydrogen (secondary N) is 1. The van der Waals surface area contributed by atoms with E-state index in [-0.39, 0.29) is 6.10 Å². The first kappa shape index (κ1) is 15.0. The summed E-state index contributed by atoms with van der Waals surface area (Å²) >= 11 is 0. The number of aromatic nitrogens is 2. The van der Waals surface area contributed by atoms with Crippen molar-refractivity contribution in [2.75, 3.05) is 23.4 Å². The van der Waals surface area contributed by atoms with E-state index in [1.807, 2.05) is 6.92 Å². The maximum Gasteiger partial charge on any atom is 0.148 e. The van der Waals surface area contributed by atoms with Crippen LogP contribution in [0.2, 0.25) is 0 Å². The van der Waals surface area contributed by atoms with Crippen molar-refractivity contribution in [2.45, 2.75) is 46.1 Å². The lowest BCUT2D eigenvalue weighted by Gasteiger charge is -2.36. The van der Waals surface area contributed by atoms with Crippen molar-refractivity contribution >= 4 is 11.6 Å². The SMILES string of the molecule is CCCc1nc(NN)c(C)c(N2CCC(C)C(O)C2)n1. The number of aryl methyl sites for hydroxylation is 1. The summed E-state index contributed by atoms with van der Waals surface area (Å²) in [4.78, 5) is 11.2. The molecule has 6 heteroatoms. The van der Waals surface area contributed by atoms with Crippen molar-refractivity contribution in [3.8, 4) is 0 Å². The molecule has 1 aliphatic heterocycles. The molecular formula is C14H25N5O. The van der Waals surface area contributed by atoms with Crippen LogP contribution in [0.3, 0.4) is 0 Å². The third kappa shape index (κ3) is 3.02. The third-order valence-electron chi connectivity index (χ3n) is 3.99. The zero-order chi connectivity index (χ0) is 14.7. The molecule has 2 rings (SSSR count). The second kappa shape index (κ2) is 6.37. The molecule has 0 amide bonds. The zero-order valence-electron chi connectivity index (χ0n) is 12.6. The lowest BCUT2D eigenvalue weighted by Crippen LogP contribution is -2.43. The Labute approximate surface area is 120 Å². The van der Waals surface area contributed by atoms with E-state index in [9.17, 15) is 5.11 Å². The molecular weight excluding hydrogens is 254 g/mol. The average molecular weight is 279 g/mol. The van der Waals surface area contributed by atoms with Gasteiger partial charge < -0.3 is 15.4 Å². The van der Waals surface area contributed by atoms with Crippen molar-refractivity contribution in [2.24, 2.45) is 11.8 Å². The van der Waals surface area contributed by atoms with Crippen LogP contribution in [0, 0.1) is 12.8 Å². The summed E-state index contributed by atoms with van der Waals surface area (Å²) in [6.45, 7) is 7.68. The lowest BCUT2D eigenvalue weighted by molar-refractivity contribution is 0.102. The molecule has 0 aliphatic carbocycles. The van der Waals surface area contributed by atoms with Crippen LogP contribution in [0.1, 0.15) is 38.1 Å². The molecule has 1 aromatic rings. The molecule has 6 nitrogen and oxygen atoms in total. The van der Waals surface area contributed by atoms with Gasteiger partial charge in [0.1, 0.15) is 17.5 Å². The van der Waals surface area contributed by atoms with E-state index in [4.69, 9.17) is 5.84 Å². The van der Waals surface area contributed by atoms with Crippen molar-refractivity contribution < 1.29 is 5.11 Å². The van der Waals surface area contributed by atoms with Gasteiger partial charge in [0.2, 0.25) is 0 Å². The van der Waals surface area contributed by atoms with Gasteiger partial charge in [-0.05, 0) is 25.7 Å². The van der Waals surface area contributed by atoms with E-state index >= 15 is 0 Å². The van der Waals surface area contributed by atoms with Gasteiger partial charge in [0, 0.05) is 25.1 Å². The number of piperidine rings is 1. The molecule has 0 aromatic carbocycles. The molecule has 2 heterocycles. The number of rotatable bonds is 4. The number of aliphatic hydroxyl groups excluding tert-OH is 1. The van der Waals surface area contributed by atoms with Gasteiger partial charge in [-0.3, -0.25) is 0 Å². The zero-order valence-corrected chi connectivity index (χ0v) is 12.6. The van der Waals surface area contributed by atoms with E-state index in [0.29, 0.717) is 18.3 Å². The molecule has 0 spiro atoms. The minimum absolute atomic E-state index is 0.304. The molecule has 20 heavy (non-hydrogen) atoms. The second-order valence-electron chi connectivity index (χ2n) is 5.61. The van der Waals surface area contributed by atoms with Crippen LogP contribution >= 0.6 is 0 Å². The van der Waals surface area contributed by atoms with Gasteiger partial charge in [0.05, 0.1) is 6.10 Å². The van der Waals surface area contributed by atoms with E-state index in [1.54, 1.807) is 0 Å². The fourth-order valence-corrected chi connectivity index (χ4v) is 2.57. The standard InChI is InChI=1S/C14H25N5O/c1-4-5-12-16-13(18-15)10(3)14(17-12)19-7-6-9(2)11(20)8-19/h9,11,20H,4-8,15H2,1-3H3,(H,16,17,18). The quantitative estimate of drug-likeness (QED) is 0.567. The number of nitrogen functional groups attached to an aromatic ring is 1. The molecule has 2 atom stereocenters. The molecule has 0 bridgehead atoms. The summed E-state index contributed by atoms with van der Waals surface area (Å²) in [5.41, 5.74) is 3.59. The second-order valence-corrected chi connectivity index (χ2v) is 5.61. The van der Waals surface area contributed by atoms with Crippen molar-refractivity contribution in [1.82, 2.24) is 9.97 Å². The highest BCUT2D eigenvalue weighted by molar-refractivity contribution is 5.58. The minimum atomic E-state index is -0.304.